The SMILES string of the molecule is CCCCCCCCNc1nccc2c(Br)cccc12. The average Bonchev–Trinajstić information content (AvgIpc) is 2.47. The van der Waals surface area contributed by atoms with E-state index in [-0.39, 0.29) is 0 Å². The first-order valence-corrected chi connectivity index (χ1v) is 8.39. The number of benzene rings is 1. The lowest BCUT2D eigenvalue weighted by Crippen LogP contribution is -2.03. The molecular formula is C17H23BrN2. The second kappa shape index (κ2) is 8.25. The molecule has 2 rings (SSSR count). The zero-order valence-corrected chi connectivity index (χ0v) is 13.7. The van der Waals surface area contributed by atoms with Gasteiger partial charge in [-0.25, -0.2) is 4.98 Å². The standard InChI is InChI=1S/C17H23BrN2/c1-2-3-4-5-6-7-12-19-17-15-9-8-10-16(18)14(15)11-13-20-17/h8-11,13H,2-7,12H2,1H3,(H,19,20). The van der Waals surface area contributed by atoms with Crippen LogP contribution in [-0.4, -0.2) is 11.5 Å². The molecule has 1 aromatic heterocycles. The molecule has 3 heteroatoms. The minimum absolute atomic E-state index is 0.998. The van der Waals surface area contributed by atoms with Gasteiger partial charge in [-0.2, -0.15) is 0 Å². The van der Waals surface area contributed by atoms with Gasteiger partial charge in [0.25, 0.3) is 0 Å². The molecule has 0 spiro atoms. The first kappa shape index (κ1) is 15.3. The molecular weight excluding hydrogens is 312 g/mol. The smallest absolute Gasteiger partial charge is 0.133 e. The molecule has 0 aliphatic rings. The Labute approximate surface area is 130 Å². The molecule has 0 amide bonds. The summed E-state index contributed by atoms with van der Waals surface area (Å²) >= 11 is 3.59. The van der Waals surface area contributed by atoms with E-state index in [0.29, 0.717) is 0 Å². The first-order chi connectivity index (χ1) is 9.83. The first-order valence-electron chi connectivity index (χ1n) is 7.60. The average molecular weight is 335 g/mol. The van der Waals surface area contributed by atoms with Crippen LogP contribution in [0.4, 0.5) is 5.82 Å². The van der Waals surface area contributed by atoms with E-state index < -0.39 is 0 Å². The van der Waals surface area contributed by atoms with Gasteiger partial charge in [-0.15, -0.1) is 0 Å². The second-order valence-corrected chi connectivity index (χ2v) is 6.04. The van der Waals surface area contributed by atoms with E-state index >= 15 is 0 Å². The number of anilines is 1. The van der Waals surface area contributed by atoms with Crippen LogP contribution in [0, 0.1) is 0 Å². The summed E-state index contributed by atoms with van der Waals surface area (Å²) in [5, 5.41) is 5.88. The highest BCUT2D eigenvalue weighted by Crippen LogP contribution is 2.27. The van der Waals surface area contributed by atoms with Crippen LogP contribution in [-0.2, 0) is 0 Å². The number of fused-ring (bicyclic) bond motifs is 1. The molecule has 0 saturated heterocycles. The topological polar surface area (TPSA) is 24.9 Å². The summed E-state index contributed by atoms with van der Waals surface area (Å²) in [5.74, 6) is 0.998. The molecule has 0 fully saturated rings. The summed E-state index contributed by atoms with van der Waals surface area (Å²) in [7, 11) is 0. The molecule has 0 radical (unpaired) electrons. The zero-order valence-electron chi connectivity index (χ0n) is 12.2. The van der Waals surface area contributed by atoms with Crippen molar-refractivity contribution in [3.8, 4) is 0 Å². The van der Waals surface area contributed by atoms with Crippen LogP contribution in [0.15, 0.2) is 34.9 Å². The van der Waals surface area contributed by atoms with Gasteiger partial charge in [0.15, 0.2) is 0 Å². The maximum atomic E-state index is 4.46. The summed E-state index contributed by atoms with van der Waals surface area (Å²) in [6.45, 7) is 3.26. The van der Waals surface area contributed by atoms with Gasteiger partial charge in [-0.05, 0) is 18.6 Å². The minimum atomic E-state index is 0.998. The Morgan fingerprint density at radius 3 is 2.65 bits per heavy atom. The zero-order chi connectivity index (χ0) is 14.2. The summed E-state index contributed by atoms with van der Waals surface area (Å²) in [6, 6.07) is 8.30. The number of hydrogen-bond donors (Lipinski definition) is 1. The third-order valence-corrected chi connectivity index (χ3v) is 4.27. The molecule has 1 aromatic carbocycles. The van der Waals surface area contributed by atoms with Gasteiger partial charge in [0, 0.05) is 28.0 Å². The molecule has 1 N–H and O–H groups in total. The predicted molar refractivity (Wildman–Crippen MR) is 91.3 cm³/mol. The van der Waals surface area contributed by atoms with E-state index in [9.17, 15) is 0 Å². The Balaban J connectivity index is 1.86. The number of rotatable bonds is 8. The van der Waals surface area contributed by atoms with Crippen LogP contribution in [0.1, 0.15) is 45.4 Å². The fourth-order valence-electron chi connectivity index (χ4n) is 2.42. The lowest BCUT2D eigenvalue weighted by atomic mass is 10.1. The normalized spacial score (nSPS) is 10.9. The molecule has 0 unspecified atom stereocenters. The molecule has 0 bridgehead atoms. The highest BCUT2D eigenvalue weighted by atomic mass is 79.9. The van der Waals surface area contributed by atoms with Gasteiger partial charge in [-0.3, -0.25) is 0 Å². The van der Waals surface area contributed by atoms with Gasteiger partial charge < -0.3 is 5.32 Å². The van der Waals surface area contributed by atoms with Crippen molar-refractivity contribution in [1.82, 2.24) is 4.98 Å². The highest BCUT2D eigenvalue weighted by molar-refractivity contribution is 9.10. The summed E-state index contributed by atoms with van der Waals surface area (Å²) in [5.41, 5.74) is 0. The maximum absolute atomic E-state index is 4.46. The highest BCUT2D eigenvalue weighted by Gasteiger charge is 2.03. The van der Waals surface area contributed by atoms with Gasteiger partial charge >= 0.3 is 0 Å². The number of pyridine rings is 1. The van der Waals surface area contributed by atoms with Crippen LogP contribution >= 0.6 is 15.9 Å². The quantitative estimate of drug-likeness (QED) is 0.620. The van der Waals surface area contributed by atoms with E-state index in [4.69, 9.17) is 0 Å². The Morgan fingerprint density at radius 1 is 1.00 bits per heavy atom. The molecule has 2 nitrogen and oxygen atoms in total. The van der Waals surface area contributed by atoms with Crippen LogP contribution in [0.3, 0.4) is 0 Å². The second-order valence-electron chi connectivity index (χ2n) is 5.19. The van der Waals surface area contributed by atoms with E-state index in [2.05, 4.69) is 57.4 Å². The van der Waals surface area contributed by atoms with Crippen molar-refractivity contribution in [3.05, 3.63) is 34.9 Å². The molecule has 0 aliphatic heterocycles. The molecule has 0 aliphatic carbocycles. The van der Waals surface area contributed by atoms with Crippen LogP contribution < -0.4 is 5.32 Å². The molecule has 0 atom stereocenters. The number of unbranched alkanes of at least 4 members (excludes halogenated alkanes) is 5. The summed E-state index contributed by atoms with van der Waals surface area (Å²) < 4.78 is 1.13. The van der Waals surface area contributed by atoms with E-state index in [0.717, 1.165) is 16.8 Å². The van der Waals surface area contributed by atoms with Crippen molar-refractivity contribution in [1.29, 1.82) is 0 Å². The number of nitrogens with one attached hydrogen (secondary N) is 1. The van der Waals surface area contributed by atoms with Crippen molar-refractivity contribution in [3.63, 3.8) is 0 Å². The van der Waals surface area contributed by atoms with Crippen molar-refractivity contribution in [2.45, 2.75) is 45.4 Å². The maximum Gasteiger partial charge on any atom is 0.133 e. The van der Waals surface area contributed by atoms with Crippen LogP contribution in [0.5, 0.6) is 0 Å². The van der Waals surface area contributed by atoms with Crippen molar-refractivity contribution >= 4 is 32.5 Å². The van der Waals surface area contributed by atoms with E-state index in [1.54, 1.807) is 0 Å². The lowest BCUT2D eigenvalue weighted by molar-refractivity contribution is 0.617. The molecule has 2 aromatic rings. The van der Waals surface area contributed by atoms with Crippen LogP contribution in [0.25, 0.3) is 10.8 Å². The Morgan fingerprint density at radius 2 is 1.80 bits per heavy atom. The minimum Gasteiger partial charge on any atom is -0.370 e. The fraction of sp³-hybridized carbons (Fsp3) is 0.471. The Kier molecular flexibility index (Phi) is 6.31. The fourth-order valence-corrected chi connectivity index (χ4v) is 2.92. The number of halogens is 1. The molecule has 20 heavy (non-hydrogen) atoms. The molecule has 0 saturated carbocycles. The lowest BCUT2D eigenvalue weighted by Gasteiger charge is -2.09. The van der Waals surface area contributed by atoms with Gasteiger partial charge in [0.2, 0.25) is 0 Å². The Hall–Kier alpha value is -1.09. The summed E-state index contributed by atoms with van der Waals surface area (Å²) in [6.07, 6.45) is 9.80. The number of aromatic nitrogens is 1. The Bertz CT molecular complexity index is 540. The van der Waals surface area contributed by atoms with Gasteiger partial charge in [-0.1, -0.05) is 67.1 Å². The number of hydrogen-bond acceptors (Lipinski definition) is 2. The monoisotopic (exact) mass is 334 g/mol. The third-order valence-electron chi connectivity index (χ3n) is 3.58. The van der Waals surface area contributed by atoms with Gasteiger partial charge in [0.1, 0.15) is 5.82 Å². The van der Waals surface area contributed by atoms with E-state index in [1.165, 1.54) is 49.3 Å². The largest absolute Gasteiger partial charge is 0.370 e. The van der Waals surface area contributed by atoms with Crippen molar-refractivity contribution in [2.75, 3.05) is 11.9 Å². The predicted octanol–water partition coefficient (Wildman–Crippen LogP) is 5.77. The molecule has 1 heterocycles. The van der Waals surface area contributed by atoms with Crippen molar-refractivity contribution < 1.29 is 0 Å². The van der Waals surface area contributed by atoms with Gasteiger partial charge in [0.05, 0.1) is 0 Å². The van der Waals surface area contributed by atoms with Crippen molar-refractivity contribution in [2.24, 2.45) is 0 Å². The third kappa shape index (κ3) is 4.20. The summed E-state index contributed by atoms with van der Waals surface area (Å²) in [4.78, 5) is 4.46. The van der Waals surface area contributed by atoms with E-state index in [1.807, 2.05) is 6.20 Å². The number of nitrogens with zero attached hydrogens (tertiary/aromatic N) is 1. The molecule has 108 valence electrons. The van der Waals surface area contributed by atoms with Crippen LogP contribution in [0.2, 0.25) is 0 Å².